The quantitative estimate of drug-likeness (QED) is 0.411. The van der Waals surface area contributed by atoms with Crippen LogP contribution < -0.4 is 4.90 Å². The molecule has 0 spiro atoms. The number of methoxy groups -OCH3 is 1. The van der Waals surface area contributed by atoms with Crippen LogP contribution in [0.25, 0.3) is 5.57 Å². The van der Waals surface area contributed by atoms with Gasteiger partial charge in [0.15, 0.2) is 0 Å². The number of benzene rings is 2. The number of hydrogen-bond donors (Lipinski definition) is 0. The van der Waals surface area contributed by atoms with E-state index in [2.05, 4.69) is 0 Å². The molecule has 0 atom stereocenters. The van der Waals surface area contributed by atoms with Gasteiger partial charge in [-0.05, 0) is 49.2 Å². The van der Waals surface area contributed by atoms with Crippen LogP contribution in [-0.2, 0) is 19.1 Å². The van der Waals surface area contributed by atoms with E-state index in [1.807, 2.05) is 26.0 Å². The molecular weight excluding hydrogens is 394 g/mol. The minimum absolute atomic E-state index is 0.120. The van der Waals surface area contributed by atoms with E-state index in [0.29, 0.717) is 23.4 Å². The lowest BCUT2D eigenvalue weighted by atomic mass is 9.99. The van der Waals surface area contributed by atoms with E-state index in [-0.39, 0.29) is 17.2 Å². The number of hydrogen-bond acceptors (Lipinski definition) is 5. The van der Waals surface area contributed by atoms with Crippen molar-refractivity contribution in [2.75, 3.05) is 25.2 Å². The molecule has 1 heterocycles. The second-order valence-electron chi connectivity index (χ2n) is 6.63. The smallest absolute Gasteiger partial charge is 0.338 e. The average molecular weight is 414 g/mol. The molecule has 0 unspecified atom stereocenters. The number of rotatable bonds is 6. The Hall–Kier alpha value is -2.96. The maximum Gasteiger partial charge on any atom is 0.338 e. The summed E-state index contributed by atoms with van der Waals surface area (Å²) in [4.78, 5) is 38.7. The highest BCUT2D eigenvalue weighted by Gasteiger charge is 2.39. The number of esters is 1. The molecule has 0 aromatic heterocycles. The highest BCUT2D eigenvalue weighted by molar-refractivity contribution is 6.60. The summed E-state index contributed by atoms with van der Waals surface area (Å²) in [5.41, 5.74) is 3.33. The maximum absolute atomic E-state index is 13.0. The van der Waals surface area contributed by atoms with E-state index in [0.717, 1.165) is 16.0 Å². The van der Waals surface area contributed by atoms with Gasteiger partial charge >= 0.3 is 5.97 Å². The Morgan fingerprint density at radius 2 is 1.69 bits per heavy atom. The van der Waals surface area contributed by atoms with Crippen molar-refractivity contribution < 1.29 is 23.9 Å². The van der Waals surface area contributed by atoms with Crippen LogP contribution in [-0.4, -0.2) is 38.1 Å². The second kappa shape index (κ2) is 8.59. The lowest BCUT2D eigenvalue weighted by molar-refractivity contribution is -0.119. The van der Waals surface area contributed by atoms with Crippen molar-refractivity contribution >= 4 is 40.6 Å². The fraction of sp³-hybridized carbons (Fsp3) is 0.227. The fourth-order valence-corrected chi connectivity index (χ4v) is 3.38. The third-order valence-electron chi connectivity index (χ3n) is 4.56. The number of imide groups is 1. The van der Waals surface area contributed by atoms with Crippen molar-refractivity contribution in [1.82, 2.24) is 0 Å². The van der Waals surface area contributed by atoms with E-state index >= 15 is 0 Å². The topological polar surface area (TPSA) is 72.9 Å². The molecule has 1 aliphatic rings. The Labute approximate surface area is 173 Å². The molecular formula is C22H20ClNO5. The van der Waals surface area contributed by atoms with Gasteiger partial charge in [0.1, 0.15) is 11.6 Å². The standard InChI is InChI=1S/C22H20ClNO5/c1-13-4-9-17(14(2)12-13)18-19(23)21(26)24(20(18)25)16-7-5-15(6-8-16)22(27)29-11-10-28-3/h4-9,12H,10-11H2,1-3H3. The lowest BCUT2D eigenvalue weighted by Crippen LogP contribution is -2.31. The van der Waals surface area contributed by atoms with Crippen molar-refractivity contribution in [2.45, 2.75) is 13.8 Å². The first-order valence-corrected chi connectivity index (χ1v) is 9.35. The zero-order valence-electron chi connectivity index (χ0n) is 16.3. The number of halogens is 1. The summed E-state index contributed by atoms with van der Waals surface area (Å²) in [5, 5.41) is -0.120. The zero-order valence-corrected chi connectivity index (χ0v) is 17.1. The molecule has 2 aromatic rings. The second-order valence-corrected chi connectivity index (χ2v) is 7.01. The maximum atomic E-state index is 13.0. The predicted octanol–water partition coefficient (Wildman–Crippen LogP) is 3.63. The fourth-order valence-electron chi connectivity index (χ4n) is 3.11. The summed E-state index contributed by atoms with van der Waals surface area (Å²) < 4.78 is 9.88. The third kappa shape index (κ3) is 4.09. The predicted molar refractivity (Wildman–Crippen MR) is 110 cm³/mol. The highest BCUT2D eigenvalue weighted by Crippen LogP contribution is 2.36. The van der Waals surface area contributed by atoms with Crippen LogP contribution in [0.4, 0.5) is 5.69 Å². The Kier molecular flexibility index (Phi) is 6.15. The van der Waals surface area contributed by atoms with Crippen LogP contribution in [0.2, 0.25) is 0 Å². The lowest BCUT2D eigenvalue weighted by Gasteiger charge is -2.16. The van der Waals surface area contributed by atoms with Crippen molar-refractivity contribution in [3.05, 3.63) is 69.8 Å². The molecule has 0 saturated heterocycles. The summed E-state index contributed by atoms with van der Waals surface area (Å²) in [6.07, 6.45) is 0. The molecule has 6 nitrogen and oxygen atoms in total. The van der Waals surface area contributed by atoms with Gasteiger partial charge in [0, 0.05) is 7.11 Å². The van der Waals surface area contributed by atoms with Crippen LogP contribution in [0.1, 0.15) is 27.0 Å². The largest absolute Gasteiger partial charge is 0.460 e. The van der Waals surface area contributed by atoms with Crippen LogP contribution in [0, 0.1) is 13.8 Å². The van der Waals surface area contributed by atoms with Gasteiger partial charge < -0.3 is 9.47 Å². The summed E-state index contributed by atoms with van der Waals surface area (Å²) >= 11 is 6.25. The Bertz CT molecular complexity index is 1010. The molecule has 0 radical (unpaired) electrons. The van der Waals surface area contributed by atoms with Gasteiger partial charge in [0.05, 0.1) is 23.4 Å². The first-order valence-electron chi connectivity index (χ1n) is 8.97. The number of carbonyl (C=O) groups is 3. The number of carbonyl (C=O) groups excluding carboxylic acids is 3. The monoisotopic (exact) mass is 413 g/mol. The van der Waals surface area contributed by atoms with Crippen LogP contribution in [0.3, 0.4) is 0 Å². The third-order valence-corrected chi connectivity index (χ3v) is 4.91. The van der Waals surface area contributed by atoms with Crippen LogP contribution in [0.5, 0.6) is 0 Å². The molecule has 0 aliphatic carbocycles. The first kappa shape index (κ1) is 20.8. The molecule has 7 heteroatoms. The van der Waals surface area contributed by atoms with E-state index < -0.39 is 17.8 Å². The molecule has 29 heavy (non-hydrogen) atoms. The highest BCUT2D eigenvalue weighted by atomic mass is 35.5. The van der Waals surface area contributed by atoms with Crippen LogP contribution >= 0.6 is 11.6 Å². The Morgan fingerprint density at radius 1 is 1.00 bits per heavy atom. The summed E-state index contributed by atoms with van der Waals surface area (Å²) in [7, 11) is 1.51. The molecule has 1 aliphatic heterocycles. The van der Waals surface area contributed by atoms with E-state index in [1.54, 1.807) is 6.07 Å². The van der Waals surface area contributed by atoms with Gasteiger partial charge in [0.2, 0.25) is 0 Å². The van der Waals surface area contributed by atoms with Gasteiger partial charge in [-0.25, -0.2) is 9.69 Å². The molecule has 0 saturated carbocycles. The number of anilines is 1. The minimum Gasteiger partial charge on any atom is -0.460 e. The van der Waals surface area contributed by atoms with E-state index in [4.69, 9.17) is 21.1 Å². The molecule has 0 fully saturated rings. The average Bonchev–Trinajstić information content (AvgIpc) is 2.91. The van der Waals surface area contributed by atoms with Gasteiger partial charge in [-0.15, -0.1) is 0 Å². The molecule has 150 valence electrons. The summed E-state index contributed by atoms with van der Waals surface area (Å²) in [6, 6.07) is 11.6. The summed E-state index contributed by atoms with van der Waals surface area (Å²) in [5.74, 6) is -1.61. The van der Waals surface area contributed by atoms with Crippen molar-refractivity contribution in [1.29, 1.82) is 0 Å². The molecule has 3 rings (SSSR count). The first-order chi connectivity index (χ1) is 13.8. The zero-order chi connectivity index (χ0) is 21.1. The van der Waals surface area contributed by atoms with E-state index in [1.165, 1.54) is 31.4 Å². The van der Waals surface area contributed by atoms with Crippen molar-refractivity contribution in [2.24, 2.45) is 0 Å². The molecule has 2 amide bonds. The number of ether oxygens (including phenoxy) is 2. The molecule has 0 N–H and O–H groups in total. The van der Waals surface area contributed by atoms with Crippen molar-refractivity contribution in [3.63, 3.8) is 0 Å². The van der Waals surface area contributed by atoms with Gasteiger partial charge in [-0.1, -0.05) is 35.4 Å². The molecule has 2 aromatic carbocycles. The number of nitrogens with zero attached hydrogens (tertiary/aromatic N) is 1. The summed E-state index contributed by atoms with van der Waals surface area (Å²) in [6.45, 7) is 4.25. The van der Waals surface area contributed by atoms with Gasteiger partial charge in [-0.3, -0.25) is 9.59 Å². The molecule has 0 bridgehead atoms. The minimum atomic E-state index is -0.595. The number of amides is 2. The Balaban J connectivity index is 1.85. The normalized spacial score (nSPS) is 14.0. The van der Waals surface area contributed by atoms with Gasteiger partial charge in [0.25, 0.3) is 11.8 Å². The Morgan fingerprint density at radius 3 is 2.31 bits per heavy atom. The number of aryl methyl sites for hydroxylation is 2. The SMILES string of the molecule is COCCOC(=O)c1ccc(N2C(=O)C(Cl)=C(c3ccc(C)cc3C)C2=O)cc1. The van der Waals surface area contributed by atoms with Crippen molar-refractivity contribution in [3.8, 4) is 0 Å². The van der Waals surface area contributed by atoms with Gasteiger partial charge in [-0.2, -0.15) is 0 Å². The van der Waals surface area contributed by atoms with E-state index in [9.17, 15) is 14.4 Å². The van der Waals surface area contributed by atoms with Crippen LogP contribution in [0.15, 0.2) is 47.5 Å².